The minimum absolute atomic E-state index is 0.349. The Morgan fingerprint density at radius 3 is 2.05 bits per heavy atom. The Balaban J connectivity index is 2.61. The van der Waals surface area contributed by atoms with Crippen molar-refractivity contribution >= 4 is 0 Å². The van der Waals surface area contributed by atoms with E-state index in [0.29, 0.717) is 12.0 Å². The molecule has 0 bridgehead atoms. The largest absolute Gasteiger partial charge is 0.416 e. The number of alkyl halides is 3. The van der Waals surface area contributed by atoms with Crippen molar-refractivity contribution in [3.05, 3.63) is 58.7 Å². The van der Waals surface area contributed by atoms with Crippen LogP contribution in [-0.4, -0.2) is 0 Å². The highest BCUT2D eigenvalue weighted by atomic mass is 19.4. The van der Waals surface area contributed by atoms with Gasteiger partial charge in [-0.05, 0) is 48.6 Å². The predicted octanol–water partition coefficient (Wildman–Crippen LogP) is 5.94. The van der Waals surface area contributed by atoms with Gasteiger partial charge in [-0.2, -0.15) is 13.2 Å². The van der Waals surface area contributed by atoms with E-state index in [1.807, 2.05) is 38.1 Å². The molecule has 21 heavy (non-hydrogen) atoms. The van der Waals surface area contributed by atoms with Crippen LogP contribution in [0, 0.1) is 13.8 Å². The minimum Gasteiger partial charge on any atom is -0.166 e. The molecule has 2 aromatic rings. The monoisotopic (exact) mass is 292 g/mol. The van der Waals surface area contributed by atoms with Crippen LogP contribution in [0.5, 0.6) is 0 Å². The Labute approximate surface area is 123 Å². The molecule has 0 atom stereocenters. The summed E-state index contributed by atoms with van der Waals surface area (Å²) in [5.41, 5.74) is 3.64. The third kappa shape index (κ3) is 3.29. The van der Waals surface area contributed by atoms with Crippen LogP contribution in [0.1, 0.15) is 35.6 Å². The van der Waals surface area contributed by atoms with Crippen molar-refractivity contribution in [2.75, 3.05) is 0 Å². The fourth-order valence-corrected chi connectivity index (χ4v) is 2.64. The first-order chi connectivity index (χ1) is 9.84. The second-order valence-corrected chi connectivity index (χ2v) is 5.38. The second-order valence-electron chi connectivity index (χ2n) is 5.38. The quantitative estimate of drug-likeness (QED) is 0.656. The van der Waals surface area contributed by atoms with Crippen molar-refractivity contribution in [3.63, 3.8) is 0 Å². The van der Waals surface area contributed by atoms with Crippen LogP contribution in [0.4, 0.5) is 13.2 Å². The fourth-order valence-electron chi connectivity index (χ4n) is 2.64. The first-order valence-corrected chi connectivity index (χ1v) is 7.11. The number of aryl methyl sites for hydroxylation is 1. The van der Waals surface area contributed by atoms with E-state index >= 15 is 0 Å². The van der Waals surface area contributed by atoms with Crippen molar-refractivity contribution < 1.29 is 13.2 Å². The van der Waals surface area contributed by atoms with Crippen LogP contribution in [0.2, 0.25) is 0 Å². The van der Waals surface area contributed by atoms with Crippen LogP contribution in [-0.2, 0) is 12.6 Å². The lowest BCUT2D eigenvalue weighted by molar-refractivity contribution is -0.138. The molecule has 0 nitrogen and oxygen atoms in total. The summed E-state index contributed by atoms with van der Waals surface area (Å²) in [6.45, 7) is 5.55. The van der Waals surface area contributed by atoms with Crippen molar-refractivity contribution in [3.8, 4) is 11.1 Å². The van der Waals surface area contributed by atoms with E-state index < -0.39 is 11.7 Å². The molecule has 0 saturated carbocycles. The van der Waals surface area contributed by atoms with Gasteiger partial charge in [0.25, 0.3) is 0 Å². The zero-order valence-corrected chi connectivity index (χ0v) is 12.5. The average Bonchev–Trinajstić information content (AvgIpc) is 2.41. The van der Waals surface area contributed by atoms with E-state index in [1.165, 1.54) is 6.07 Å². The molecule has 0 fully saturated rings. The molecule has 0 aliphatic carbocycles. The van der Waals surface area contributed by atoms with E-state index in [2.05, 4.69) is 0 Å². The highest BCUT2D eigenvalue weighted by Crippen LogP contribution is 2.37. The van der Waals surface area contributed by atoms with Crippen LogP contribution < -0.4 is 0 Å². The second kappa shape index (κ2) is 5.92. The van der Waals surface area contributed by atoms with Crippen LogP contribution >= 0.6 is 0 Å². The summed E-state index contributed by atoms with van der Waals surface area (Å²) in [5.74, 6) is 0. The molecule has 2 aromatic carbocycles. The lowest BCUT2D eigenvalue weighted by Gasteiger charge is -2.18. The Hall–Kier alpha value is -1.77. The lowest BCUT2D eigenvalue weighted by atomic mass is 9.90. The number of rotatable bonds is 3. The lowest BCUT2D eigenvalue weighted by Crippen LogP contribution is -2.10. The predicted molar refractivity (Wildman–Crippen MR) is 80.3 cm³/mol. The maximum atomic E-state index is 13.1. The Kier molecular flexibility index (Phi) is 4.40. The van der Waals surface area contributed by atoms with E-state index in [9.17, 15) is 13.2 Å². The van der Waals surface area contributed by atoms with Crippen molar-refractivity contribution in [2.45, 2.75) is 39.8 Å². The molecule has 0 unspecified atom stereocenters. The summed E-state index contributed by atoms with van der Waals surface area (Å²) in [5, 5.41) is 0. The van der Waals surface area contributed by atoms with Gasteiger partial charge in [-0.25, -0.2) is 0 Å². The number of hydrogen-bond acceptors (Lipinski definition) is 0. The normalized spacial score (nSPS) is 11.7. The van der Waals surface area contributed by atoms with E-state index in [0.717, 1.165) is 28.7 Å². The summed E-state index contributed by atoms with van der Waals surface area (Å²) >= 11 is 0. The van der Waals surface area contributed by atoms with E-state index in [1.54, 1.807) is 13.0 Å². The standard InChI is InChI=1S/C18H19F3/c1-4-5-15-13(3)17(18(19,20)21)11-10-16(15)14-8-6-12(2)7-9-14/h6-11H,4-5H2,1-3H3. The average molecular weight is 292 g/mol. The van der Waals surface area contributed by atoms with Gasteiger partial charge in [0, 0.05) is 0 Å². The topological polar surface area (TPSA) is 0 Å². The van der Waals surface area contributed by atoms with Gasteiger partial charge in [0.15, 0.2) is 0 Å². The van der Waals surface area contributed by atoms with E-state index in [4.69, 9.17) is 0 Å². The van der Waals surface area contributed by atoms with Gasteiger partial charge in [0.1, 0.15) is 0 Å². The number of halogens is 3. The highest BCUT2D eigenvalue weighted by molar-refractivity contribution is 5.70. The molecule has 0 radical (unpaired) electrons. The number of hydrogen-bond donors (Lipinski definition) is 0. The molecule has 0 aliphatic heterocycles. The summed E-state index contributed by atoms with van der Waals surface area (Å²) in [4.78, 5) is 0. The van der Waals surface area contributed by atoms with Gasteiger partial charge in [-0.1, -0.05) is 49.2 Å². The molecule has 0 spiro atoms. The molecule has 3 heteroatoms. The zero-order valence-electron chi connectivity index (χ0n) is 12.5. The van der Waals surface area contributed by atoms with Crippen molar-refractivity contribution in [1.29, 1.82) is 0 Å². The maximum Gasteiger partial charge on any atom is 0.416 e. The SMILES string of the molecule is CCCc1c(-c2ccc(C)cc2)ccc(C(F)(F)F)c1C. The fraction of sp³-hybridized carbons (Fsp3) is 0.333. The molecule has 0 amide bonds. The van der Waals surface area contributed by atoms with Gasteiger partial charge < -0.3 is 0 Å². The molecule has 0 saturated heterocycles. The summed E-state index contributed by atoms with van der Waals surface area (Å²) < 4.78 is 39.2. The molecule has 0 aliphatic rings. The smallest absolute Gasteiger partial charge is 0.166 e. The third-order valence-corrected chi connectivity index (χ3v) is 3.77. The molecule has 0 N–H and O–H groups in total. The van der Waals surface area contributed by atoms with Gasteiger partial charge in [0.2, 0.25) is 0 Å². The molecule has 2 rings (SSSR count). The highest BCUT2D eigenvalue weighted by Gasteiger charge is 2.33. The Morgan fingerprint density at radius 2 is 1.52 bits per heavy atom. The Morgan fingerprint density at radius 1 is 0.905 bits per heavy atom. The van der Waals surface area contributed by atoms with Gasteiger partial charge in [-0.3, -0.25) is 0 Å². The summed E-state index contributed by atoms with van der Waals surface area (Å²) in [6.07, 6.45) is -2.82. The number of benzene rings is 2. The molecular weight excluding hydrogens is 273 g/mol. The molecule has 0 aromatic heterocycles. The van der Waals surface area contributed by atoms with Crippen LogP contribution in [0.15, 0.2) is 36.4 Å². The van der Waals surface area contributed by atoms with Crippen molar-refractivity contribution in [2.24, 2.45) is 0 Å². The molecule has 112 valence electrons. The minimum atomic E-state index is -4.29. The zero-order chi connectivity index (χ0) is 15.6. The van der Waals surface area contributed by atoms with Gasteiger partial charge in [-0.15, -0.1) is 0 Å². The van der Waals surface area contributed by atoms with Gasteiger partial charge >= 0.3 is 6.18 Å². The first-order valence-electron chi connectivity index (χ1n) is 7.11. The molecule has 0 heterocycles. The summed E-state index contributed by atoms with van der Waals surface area (Å²) in [7, 11) is 0. The Bertz CT molecular complexity index is 622. The third-order valence-electron chi connectivity index (χ3n) is 3.77. The first kappa shape index (κ1) is 15.6. The summed E-state index contributed by atoms with van der Waals surface area (Å²) in [6, 6.07) is 10.7. The maximum absolute atomic E-state index is 13.1. The molecular formula is C18H19F3. The van der Waals surface area contributed by atoms with Crippen LogP contribution in [0.25, 0.3) is 11.1 Å². The van der Waals surface area contributed by atoms with Gasteiger partial charge in [0.05, 0.1) is 5.56 Å². The van der Waals surface area contributed by atoms with Crippen LogP contribution in [0.3, 0.4) is 0 Å². The van der Waals surface area contributed by atoms with E-state index in [-0.39, 0.29) is 0 Å². The van der Waals surface area contributed by atoms with Crippen molar-refractivity contribution in [1.82, 2.24) is 0 Å².